The van der Waals surface area contributed by atoms with Crippen molar-refractivity contribution < 1.29 is 5.11 Å². The van der Waals surface area contributed by atoms with Crippen LogP contribution < -0.4 is 10.6 Å². The zero-order chi connectivity index (χ0) is 17.1. The maximum absolute atomic E-state index is 9.84. The number of aryl methyl sites for hydroxylation is 2. The summed E-state index contributed by atoms with van der Waals surface area (Å²) < 4.78 is 0. The van der Waals surface area contributed by atoms with Crippen LogP contribution in [0.3, 0.4) is 0 Å². The Morgan fingerprint density at radius 2 is 1.92 bits per heavy atom. The van der Waals surface area contributed by atoms with Crippen LogP contribution in [0.15, 0.2) is 28.7 Å². The molecule has 24 heavy (non-hydrogen) atoms. The van der Waals surface area contributed by atoms with Crippen LogP contribution in [-0.4, -0.2) is 47.1 Å². The summed E-state index contributed by atoms with van der Waals surface area (Å²) in [5.41, 5.74) is 8.97. The normalized spacial score (nSPS) is 15.8. The minimum Gasteiger partial charge on any atom is -0.507 e. The molecule has 0 unspecified atom stereocenters. The van der Waals surface area contributed by atoms with Gasteiger partial charge in [0, 0.05) is 37.8 Å². The van der Waals surface area contributed by atoms with Gasteiger partial charge in [-0.15, -0.1) is 11.3 Å². The standard InChI is InChI=1S/C17H23N5OS/c1-12-9-14(10-13(2)15(12)23)11-20-16(18)21-4-6-22(7-5-21)17-19-3-8-24-17/h3,8-10,23H,4-7,11H2,1-2H3,(H2,18,20). The van der Waals surface area contributed by atoms with E-state index < -0.39 is 0 Å². The molecule has 0 radical (unpaired) electrons. The van der Waals surface area contributed by atoms with E-state index >= 15 is 0 Å². The number of aliphatic imine (C=N–C) groups is 1. The van der Waals surface area contributed by atoms with Crippen LogP contribution >= 0.6 is 11.3 Å². The summed E-state index contributed by atoms with van der Waals surface area (Å²) in [5, 5.41) is 12.9. The second-order valence-electron chi connectivity index (χ2n) is 6.04. The average Bonchev–Trinajstić information content (AvgIpc) is 3.12. The lowest BCUT2D eigenvalue weighted by atomic mass is 10.1. The summed E-state index contributed by atoms with van der Waals surface area (Å²) >= 11 is 1.66. The maximum atomic E-state index is 9.84. The molecule has 1 aromatic heterocycles. The Bertz CT molecular complexity index is 698. The minimum atomic E-state index is 0.356. The molecule has 0 aliphatic carbocycles. The van der Waals surface area contributed by atoms with E-state index in [-0.39, 0.29) is 0 Å². The molecule has 1 aliphatic rings. The molecule has 1 aromatic carbocycles. The predicted molar refractivity (Wildman–Crippen MR) is 98.8 cm³/mol. The molecule has 0 atom stereocenters. The van der Waals surface area contributed by atoms with Gasteiger partial charge < -0.3 is 20.6 Å². The fraction of sp³-hybridized carbons (Fsp3) is 0.412. The molecule has 0 amide bonds. The third-order valence-electron chi connectivity index (χ3n) is 4.27. The van der Waals surface area contributed by atoms with Crippen molar-refractivity contribution in [3.63, 3.8) is 0 Å². The Labute approximate surface area is 146 Å². The second kappa shape index (κ2) is 7.09. The number of anilines is 1. The highest BCUT2D eigenvalue weighted by molar-refractivity contribution is 7.13. The zero-order valence-electron chi connectivity index (χ0n) is 14.1. The van der Waals surface area contributed by atoms with E-state index in [9.17, 15) is 5.11 Å². The molecule has 1 aliphatic heterocycles. The van der Waals surface area contributed by atoms with Crippen molar-refractivity contribution in [1.82, 2.24) is 9.88 Å². The number of aromatic hydroxyl groups is 1. The number of aromatic nitrogens is 1. The quantitative estimate of drug-likeness (QED) is 0.658. The molecule has 3 N–H and O–H groups in total. The number of piperazine rings is 1. The molecule has 0 spiro atoms. The van der Waals surface area contributed by atoms with Crippen LogP contribution in [0.2, 0.25) is 0 Å². The van der Waals surface area contributed by atoms with E-state index in [1.807, 2.05) is 37.6 Å². The SMILES string of the molecule is Cc1cc(CN=C(N)N2CCN(c3nccs3)CC2)cc(C)c1O. The van der Waals surface area contributed by atoms with Crippen molar-refractivity contribution in [3.05, 3.63) is 40.4 Å². The first kappa shape index (κ1) is 16.6. The fourth-order valence-corrected chi connectivity index (χ4v) is 3.60. The first-order chi connectivity index (χ1) is 11.5. The van der Waals surface area contributed by atoms with Gasteiger partial charge in [-0.3, -0.25) is 0 Å². The van der Waals surface area contributed by atoms with E-state index in [4.69, 9.17) is 5.73 Å². The van der Waals surface area contributed by atoms with Gasteiger partial charge in [0.05, 0.1) is 6.54 Å². The van der Waals surface area contributed by atoms with Gasteiger partial charge in [-0.2, -0.15) is 0 Å². The van der Waals surface area contributed by atoms with Gasteiger partial charge in [-0.1, -0.05) is 12.1 Å². The average molecular weight is 345 g/mol. The monoisotopic (exact) mass is 345 g/mol. The Morgan fingerprint density at radius 3 is 2.50 bits per heavy atom. The number of nitrogens with zero attached hydrogens (tertiary/aromatic N) is 4. The van der Waals surface area contributed by atoms with Gasteiger partial charge in [-0.05, 0) is 30.5 Å². The van der Waals surface area contributed by atoms with Crippen molar-refractivity contribution in [2.24, 2.45) is 10.7 Å². The number of nitrogens with two attached hydrogens (primary N) is 1. The van der Waals surface area contributed by atoms with Crippen molar-refractivity contribution in [3.8, 4) is 5.75 Å². The summed E-state index contributed by atoms with van der Waals surface area (Å²) in [6.07, 6.45) is 1.84. The van der Waals surface area contributed by atoms with Crippen molar-refractivity contribution in [2.45, 2.75) is 20.4 Å². The third kappa shape index (κ3) is 3.62. The molecular formula is C17H23N5OS. The summed E-state index contributed by atoms with van der Waals surface area (Å²) in [6.45, 7) is 7.83. The van der Waals surface area contributed by atoms with Gasteiger partial charge in [0.2, 0.25) is 0 Å². The van der Waals surface area contributed by atoms with Crippen molar-refractivity contribution >= 4 is 22.4 Å². The van der Waals surface area contributed by atoms with Crippen LogP contribution in [-0.2, 0) is 6.54 Å². The number of rotatable bonds is 3. The fourth-order valence-electron chi connectivity index (χ4n) is 2.91. The van der Waals surface area contributed by atoms with E-state index in [2.05, 4.69) is 19.8 Å². The number of hydrogen-bond acceptors (Lipinski definition) is 5. The molecule has 128 valence electrons. The number of benzene rings is 1. The zero-order valence-corrected chi connectivity index (χ0v) is 14.9. The first-order valence-electron chi connectivity index (χ1n) is 8.03. The summed E-state index contributed by atoms with van der Waals surface area (Å²) in [5.74, 6) is 0.936. The first-order valence-corrected chi connectivity index (χ1v) is 8.91. The highest BCUT2D eigenvalue weighted by atomic mass is 32.1. The lowest BCUT2D eigenvalue weighted by Crippen LogP contribution is -2.51. The van der Waals surface area contributed by atoms with Crippen molar-refractivity contribution in [1.29, 1.82) is 0 Å². The second-order valence-corrected chi connectivity index (χ2v) is 6.91. The number of guanidine groups is 1. The Balaban J connectivity index is 1.59. The smallest absolute Gasteiger partial charge is 0.191 e. The van der Waals surface area contributed by atoms with Crippen molar-refractivity contribution in [2.75, 3.05) is 31.1 Å². The molecule has 1 fully saturated rings. The van der Waals surface area contributed by atoms with Gasteiger partial charge in [0.25, 0.3) is 0 Å². The van der Waals surface area contributed by atoms with Gasteiger partial charge in [0.1, 0.15) is 5.75 Å². The molecule has 6 nitrogen and oxygen atoms in total. The third-order valence-corrected chi connectivity index (χ3v) is 5.10. The van der Waals surface area contributed by atoms with Gasteiger partial charge >= 0.3 is 0 Å². The molecular weight excluding hydrogens is 322 g/mol. The minimum absolute atomic E-state index is 0.356. The van der Waals surface area contributed by atoms with E-state index in [0.29, 0.717) is 18.3 Å². The lowest BCUT2D eigenvalue weighted by Gasteiger charge is -2.35. The Morgan fingerprint density at radius 1 is 1.25 bits per heavy atom. The number of thiazole rings is 1. The predicted octanol–water partition coefficient (Wildman–Crippen LogP) is 2.10. The number of phenols is 1. The van der Waals surface area contributed by atoms with E-state index in [1.165, 1.54) is 0 Å². The summed E-state index contributed by atoms with van der Waals surface area (Å²) in [7, 11) is 0. The highest BCUT2D eigenvalue weighted by Crippen LogP contribution is 2.23. The highest BCUT2D eigenvalue weighted by Gasteiger charge is 2.19. The van der Waals surface area contributed by atoms with Crippen LogP contribution in [0.4, 0.5) is 5.13 Å². The Kier molecular flexibility index (Phi) is 4.89. The van der Waals surface area contributed by atoms with Crippen LogP contribution in [0.5, 0.6) is 5.75 Å². The molecule has 0 saturated carbocycles. The number of phenolic OH excluding ortho intramolecular Hbond substituents is 1. The number of hydrogen-bond donors (Lipinski definition) is 2. The van der Waals surface area contributed by atoms with E-state index in [1.54, 1.807) is 11.3 Å². The summed E-state index contributed by atoms with van der Waals surface area (Å²) in [4.78, 5) is 13.3. The largest absolute Gasteiger partial charge is 0.507 e. The molecule has 3 rings (SSSR count). The molecule has 7 heteroatoms. The maximum Gasteiger partial charge on any atom is 0.191 e. The molecule has 0 bridgehead atoms. The molecule has 1 saturated heterocycles. The molecule has 2 aromatic rings. The Hall–Kier alpha value is -2.28. The van der Waals surface area contributed by atoms with Gasteiger partial charge in [-0.25, -0.2) is 9.98 Å². The topological polar surface area (TPSA) is 78.0 Å². The van der Waals surface area contributed by atoms with Crippen LogP contribution in [0, 0.1) is 13.8 Å². The van der Waals surface area contributed by atoms with E-state index in [0.717, 1.165) is 48.0 Å². The molecule has 2 heterocycles. The summed E-state index contributed by atoms with van der Waals surface area (Å²) in [6, 6.07) is 3.92. The van der Waals surface area contributed by atoms with Gasteiger partial charge in [0.15, 0.2) is 11.1 Å². The van der Waals surface area contributed by atoms with Crippen LogP contribution in [0.25, 0.3) is 0 Å². The van der Waals surface area contributed by atoms with Crippen LogP contribution in [0.1, 0.15) is 16.7 Å². The lowest BCUT2D eigenvalue weighted by molar-refractivity contribution is 0.380.